The minimum Gasteiger partial charge on any atom is -0.480 e. The zero-order chi connectivity index (χ0) is 13.3. The quantitative estimate of drug-likeness (QED) is 0.898. The number of benzene rings is 1. The number of carbonyl (C=O) groups is 2. The first-order valence-corrected chi connectivity index (χ1v) is 6.21. The Kier molecular flexibility index (Phi) is 3.50. The van der Waals surface area contributed by atoms with Crippen molar-refractivity contribution in [2.45, 2.75) is 24.8 Å². The van der Waals surface area contributed by atoms with Crippen molar-refractivity contribution < 1.29 is 14.7 Å². The van der Waals surface area contributed by atoms with E-state index in [2.05, 4.69) is 5.32 Å². The van der Waals surface area contributed by atoms with Gasteiger partial charge in [-0.1, -0.05) is 23.2 Å². The Morgan fingerprint density at radius 1 is 1.28 bits per heavy atom. The molecule has 2 rings (SSSR count). The zero-order valence-corrected chi connectivity index (χ0v) is 10.9. The van der Waals surface area contributed by atoms with Crippen LogP contribution in [0.4, 0.5) is 0 Å². The second-order valence-electron chi connectivity index (χ2n) is 4.32. The molecule has 0 bridgehead atoms. The van der Waals surface area contributed by atoms with Gasteiger partial charge >= 0.3 is 5.97 Å². The summed E-state index contributed by atoms with van der Waals surface area (Å²) < 4.78 is 0. The maximum atomic E-state index is 12.0. The molecule has 0 spiro atoms. The van der Waals surface area contributed by atoms with Crippen molar-refractivity contribution in [2.75, 3.05) is 0 Å². The van der Waals surface area contributed by atoms with E-state index in [1.807, 2.05) is 0 Å². The van der Waals surface area contributed by atoms with Crippen LogP contribution in [0.1, 0.15) is 29.6 Å². The van der Waals surface area contributed by atoms with E-state index in [-0.39, 0.29) is 10.6 Å². The predicted molar refractivity (Wildman–Crippen MR) is 68.1 cm³/mol. The van der Waals surface area contributed by atoms with Crippen molar-refractivity contribution >= 4 is 35.1 Å². The summed E-state index contributed by atoms with van der Waals surface area (Å²) in [6, 6.07) is 4.50. The predicted octanol–water partition coefficient (Wildman–Crippen LogP) is 2.73. The van der Waals surface area contributed by atoms with Gasteiger partial charge in [0.1, 0.15) is 5.54 Å². The molecule has 0 aromatic heterocycles. The van der Waals surface area contributed by atoms with Crippen LogP contribution in [0.15, 0.2) is 18.2 Å². The maximum absolute atomic E-state index is 12.0. The van der Waals surface area contributed by atoms with E-state index >= 15 is 0 Å². The van der Waals surface area contributed by atoms with Crippen LogP contribution in [0.25, 0.3) is 0 Å². The second-order valence-corrected chi connectivity index (χ2v) is 5.16. The van der Waals surface area contributed by atoms with Gasteiger partial charge in [0.25, 0.3) is 5.91 Å². The standard InChI is InChI=1S/C12H11Cl2NO3/c13-7-2-3-9(14)8(6-7)10(16)15-12(11(17)18)4-1-5-12/h2-3,6H,1,4-5H2,(H,15,16)(H,17,18). The summed E-state index contributed by atoms with van der Waals surface area (Å²) in [4.78, 5) is 23.2. The Balaban J connectivity index is 2.22. The first kappa shape index (κ1) is 13.2. The zero-order valence-electron chi connectivity index (χ0n) is 9.37. The highest BCUT2D eigenvalue weighted by molar-refractivity contribution is 6.35. The van der Waals surface area contributed by atoms with Gasteiger partial charge in [0.05, 0.1) is 10.6 Å². The Morgan fingerprint density at radius 2 is 1.94 bits per heavy atom. The van der Waals surface area contributed by atoms with Crippen LogP contribution in [0.2, 0.25) is 10.0 Å². The lowest BCUT2D eigenvalue weighted by Gasteiger charge is -2.38. The first-order valence-electron chi connectivity index (χ1n) is 5.45. The van der Waals surface area contributed by atoms with Gasteiger partial charge in [0, 0.05) is 5.02 Å². The third-order valence-electron chi connectivity index (χ3n) is 3.14. The first-order chi connectivity index (χ1) is 8.44. The number of carboxylic acid groups (broad SMARTS) is 1. The molecule has 1 aromatic carbocycles. The van der Waals surface area contributed by atoms with Crippen LogP contribution in [0.5, 0.6) is 0 Å². The molecule has 0 saturated heterocycles. The molecule has 18 heavy (non-hydrogen) atoms. The van der Waals surface area contributed by atoms with Gasteiger partial charge in [0.2, 0.25) is 0 Å². The van der Waals surface area contributed by atoms with Crippen molar-refractivity contribution in [1.82, 2.24) is 5.32 Å². The van der Waals surface area contributed by atoms with Crippen LogP contribution < -0.4 is 5.32 Å². The number of amides is 1. The van der Waals surface area contributed by atoms with Crippen LogP contribution in [0, 0.1) is 0 Å². The fourth-order valence-electron chi connectivity index (χ4n) is 1.88. The van der Waals surface area contributed by atoms with Gasteiger partial charge in [-0.2, -0.15) is 0 Å². The third-order valence-corrected chi connectivity index (χ3v) is 3.71. The molecular formula is C12H11Cl2NO3. The minimum atomic E-state index is -1.15. The fourth-order valence-corrected chi connectivity index (χ4v) is 2.25. The van der Waals surface area contributed by atoms with Crippen molar-refractivity contribution in [3.63, 3.8) is 0 Å². The monoisotopic (exact) mass is 287 g/mol. The summed E-state index contributed by atoms with van der Waals surface area (Å²) in [6.07, 6.45) is 1.66. The molecule has 0 aliphatic heterocycles. The molecule has 1 aromatic rings. The number of carboxylic acids is 1. The molecule has 1 aliphatic carbocycles. The van der Waals surface area contributed by atoms with Crippen molar-refractivity contribution in [3.05, 3.63) is 33.8 Å². The lowest BCUT2D eigenvalue weighted by molar-refractivity contribution is -0.148. The van der Waals surface area contributed by atoms with Gasteiger partial charge in [-0.15, -0.1) is 0 Å². The Bertz CT molecular complexity index is 512. The molecule has 1 aliphatic rings. The summed E-state index contributed by atoms with van der Waals surface area (Å²) in [5.41, 5.74) is -0.959. The lowest BCUT2D eigenvalue weighted by Crippen LogP contribution is -2.59. The molecule has 2 N–H and O–H groups in total. The van der Waals surface area contributed by atoms with Gasteiger partial charge in [0.15, 0.2) is 0 Å². The van der Waals surface area contributed by atoms with Crippen molar-refractivity contribution in [3.8, 4) is 0 Å². The fraction of sp³-hybridized carbons (Fsp3) is 0.333. The summed E-state index contributed by atoms with van der Waals surface area (Å²) in [5, 5.41) is 12.3. The summed E-state index contributed by atoms with van der Waals surface area (Å²) in [7, 11) is 0. The number of nitrogens with one attached hydrogen (secondary N) is 1. The number of aliphatic carboxylic acids is 1. The number of hydrogen-bond acceptors (Lipinski definition) is 2. The molecule has 4 nitrogen and oxygen atoms in total. The lowest BCUT2D eigenvalue weighted by atomic mass is 9.76. The third kappa shape index (κ3) is 2.31. The smallest absolute Gasteiger partial charge is 0.329 e. The molecule has 1 fully saturated rings. The molecule has 0 unspecified atom stereocenters. The SMILES string of the molecule is O=C(NC1(C(=O)O)CCC1)c1cc(Cl)ccc1Cl. The number of rotatable bonds is 3. The summed E-state index contributed by atoms with van der Waals surface area (Å²) in [6.45, 7) is 0. The molecule has 0 heterocycles. The molecule has 1 saturated carbocycles. The molecule has 0 radical (unpaired) electrons. The maximum Gasteiger partial charge on any atom is 0.329 e. The largest absolute Gasteiger partial charge is 0.480 e. The topological polar surface area (TPSA) is 66.4 Å². The number of halogens is 2. The van der Waals surface area contributed by atoms with E-state index in [1.165, 1.54) is 12.1 Å². The van der Waals surface area contributed by atoms with Gasteiger partial charge in [-0.25, -0.2) is 4.79 Å². The van der Waals surface area contributed by atoms with E-state index in [1.54, 1.807) is 6.07 Å². The van der Waals surface area contributed by atoms with Crippen LogP contribution in [0.3, 0.4) is 0 Å². The number of hydrogen-bond donors (Lipinski definition) is 2. The van der Waals surface area contributed by atoms with E-state index in [0.29, 0.717) is 17.9 Å². The van der Waals surface area contributed by atoms with Crippen LogP contribution in [-0.2, 0) is 4.79 Å². The Hall–Kier alpha value is -1.26. The normalized spacial score (nSPS) is 16.8. The Labute approximate surface area is 114 Å². The van der Waals surface area contributed by atoms with Crippen LogP contribution in [-0.4, -0.2) is 22.5 Å². The average Bonchev–Trinajstić information content (AvgIpc) is 2.26. The van der Waals surface area contributed by atoms with E-state index in [9.17, 15) is 9.59 Å². The average molecular weight is 288 g/mol. The van der Waals surface area contributed by atoms with Crippen molar-refractivity contribution in [2.24, 2.45) is 0 Å². The molecule has 6 heteroatoms. The van der Waals surface area contributed by atoms with Gasteiger partial charge < -0.3 is 10.4 Å². The Morgan fingerprint density at radius 3 is 2.44 bits per heavy atom. The number of carbonyl (C=O) groups excluding carboxylic acids is 1. The van der Waals surface area contributed by atoms with Crippen LogP contribution >= 0.6 is 23.2 Å². The van der Waals surface area contributed by atoms with Gasteiger partial charge in [-0.3, -0.25) is 4.79 Å². The van der Waals surface area contributed by atoms with Gasteiger partial charge in [-0.05, 0) is 37.5 Å². The molecular weight excluding hydrogens is 277 g/mol. The summed E-state index contributed by atoms with van der Waals surface area (Å²) >= 11 is 11.7. The van der Waals surface area contributed by atoms with E-state index in [4.69, 9.17) is 28.3 Å². The highest BCUT2D eigenvalue weighted by atomic mass is 35.5. The van der Waals surface area contributed by atoms with E-state index in [0.717, 1.165) is 6.42 Å². The highest BCUT2D eigenvalue weighted by Crippen LogP contribution is 2.33. The van der Waals surface area contributed by atoms with Crippen molar-refractivity contribution in [1.29, 1.82) is 0 Å². The molecule has 0 atom stereocenters. The highest BCUT2D eigenvalue weighted by Gasteiger charge is 2.45. The molecule has 1 amide bonds. The minimum absolute atomic E-state index is 0.191. The molecule has 96 valence electrons. The second kappa shape index (κ2) is 4.78. The summed E-state index contributed by atoms with van der Waals surface area (Å²) in [5.74, 6) is -1.52. The van der Waals surface area contributed by atoms with E-state index < -0.39 is 17.4 Å².